The zero-order chi connectivity index (χ0) is 24.2. The second-order valence-electron chi connectivity index (χ2n) is 7.77. The molecule has 5 rings (SSSR count). The van der Waals surface area contributed by atoms with E-state index in [4.69, 9.17) is 9.41 Å². The van der Waals surface area contributed by atoms with Gasteiger partial charge in [-0.1, -0.05) is 66.7 Å². The molecule has 0 atom stereocenters. The van der Waals surface area contributed by atoms with Gasteiger partial charge in [-0.2, -0.15) is 0 Å². The topological polar surface area (TPSA) is 83.1 Å². The molecule has 1 saturated heterocycles. The van der Waals surface area contributed by atoms with Crippen molar-refractivity contribution in [1.29, 1.82) is 0 Å². The lowest BCUT2D eigenvalue weighted by atomic mass is 10.1. The Morgan fingerprint density at radius 1 is 0.914 bits per heavy atom. The van der Waals surface area contributed by atoms with Crippen molar-refractivity contribution in [3.63, 3.8) is 0 Å². The molecule has 2 heterocycles. The van der Waals surface area contributed by atoms with Crippen LogP contribution >= 0.6 is 11.8 Å². The van der Waals surface area contributed by atoms with Crippen LogP contribution in [0.5, 0.6) is 0 Å². The van der Waals surface area contributed by atoms with E-state index in [1.165, 1.54) is 17.8 Å². The third-order valence-corrected chi connectivity index (χ3v) is 6.38. The van der Waals surface area contributed by atoms with E-state index < -0.39 is 5.97 Å². The molecule has 1 aliphatic heterocycles. The minimum atomic E-state index is -1.03. The molecule has 172 valence electrons. The number of hydrogen-bond donors (Lipinski definition) is 1. The fourth-order valence-electron chi connectivity index (χ4n) is 3.70. The molecule has 0 aliphatic carbocycles. The highest BCUT2D eigenvalue weighted by atomic mass is 32.2. The fourth-order valence-corrected chi connectivity index (χ4v) is 4.68. The summed E-state index contributed by atoms with van der Waals surface area (Å²) in [5.74, 6) is -0.324. The summed E-state index contributed by atoms with van der Waals surface area (Å²) in [5, 5.41) is 10.1. The Kier molecular flexibility index (Phi) is 6.32. The first-order chi connectivity index (χ1) is 17.1. The first-order valence-electron chi connectivity index (χ1n) is 10.9. The average Bonchev–Trinajstić information content (AvgIpc) is 3.46. The van der Waals surface area contributed by atoms with E-state index in [2.05, 4.69) is 0 Å². The number of rotatable bonds is 6. The number of furan rings is 1. The molecular formula is C28H20N2O4S. The summed E-state index contributed by atoms with van der Waals surface area (Å²) < 4.78 is 5.91. The maximum absolute atomic E-state index is 13.4. The molecule has 0 bridgehead atoms. The molecule has 0 unspecified atom stereocenters. The number of para-hydroxylation sites is 1. The van der Waals surface area contributed by atoms with Gasteiger partial charge in [0.15, 0.2) is 5.17 Å². The Balaban J connectivity index is 1.47. The highest BCUT2D eigenvalue weighted by Gasteiger charge is 2.33. The van der Waals surface area contributed by atoms with Crippen molar-refractivity contribution in [3.05, 3.63) is 119 Å². The van der Waals surface area contributed by atoms with Gasteiger partial charge in [0.25, 0.3) is 5.91 Å². The zero-order valence-corrected chi connectivity index (χ0v) is 19.3. The molecule has 1 aromatic heterocycles. The number of amides is 1. The predicted molar refractivity (Wildman–Crippen MR) is 137 cm³/mol. The lowest BCUT2D eigenvalue weighted by Gasteiger charge is -2.15. The quantitative estimate of drug-likeness (QED) is 0.321. The minimum Gasteiger partial charge on any atom is -0.478 e. The number of nitrogens with zero attached hydrogens (tertiary/aromatic N) is 2. The van der Waals surface area contributed by atoms with Crippen molar-refractivity contribution >= 4 is 40.6 Å². The summed E-state index contributed by atoms with van der Waals surface area (Å²) in [5.41, 5.74) is 2.38. The molecular weight excluding hydrogens is 460 g/mol. The van der Waals surface area contributed by atoms with Crippen molar-refractivity contribution in [1.82, 2.24) is 4.90 Å². The second-order valence-corrected chi connectivity index (χ2v) is 8.78. The molecule has 7 heteroatoms. The summed E-state index contributed by atoms with van der Waals surface area (Å²) in [6.45, 7) is 0.394. The van der Waals surface area contributed by atoms with E-state index in [-0.39, 0.29) is 11.5 Å². The standard InChI is InChI=1S/C28H20N2O4S/c31-26-25(17-21-15-16-24(34-21)22-13-7-8-14-23(22)27(32)33)35-28(29-20-11-5-2-6-12-20)30(26)18-19-9-3-1-4-10-19/h1-17H,18H2,(H,32,33)/b25-17+,29-28?. The molecule has 6 nitrogen and oxygen atoms in total. The van der Waals surface area contributed by atoms with Crippen LogP contribution in [0.15, 0.2) is 111 Å². The van der Waals surface area contributed by atoms with Crippen molar-refractivity contribution in [2.45, 2.75) is 6.54 Å². The van der Waals surface area contributed by atoms with E-state index in [0.29, 0.717) is 33.7 Å². The second kappa shape index (κ2) is 9.87. The molecule has 1 amide bonds. The van der Waals surface area contributed by atoms with Crippen LogP contribution in [0.1, 0.15) is 21.7 Å². The van der Waals surface area contributed by atoms with E-state index in [1.54, 1.807) is 41.3 Å². The van der Waals surface area contributed by atoms with E-state index in [9.17, 15) is 14.7 Å². The maximum Gasteiger partial charge on any atom is 0.336 e. The van der Waals surface area contributed by atoms with E-state index in [0.717, 1.165) is 11.3 Å². The number of benzene rings is 3. The molecule has 0 saturated carbocycles. The summed E-state index contributed by atoms with van der Waals surface area (Å²) in [6.07, 6.45) is 1.67. The van der Waals surface area contributed by atoms with Crippen LogP contribution in [0.25, 0.3) is 17.4 Å². The summed E-state index contributed by atoms with van der Waals surface area (Å²) >= 11 is 1.28. The number of carbonyl (C=O) groups excluding carboxylic acids is 1. The number of thioether (sulfide) groups is 1. The third kappa shape index (κ3) is 4.95. The molecule has 1 N–H and O–H groups in total. The number of aliphatic imine (C=N–C) groups is 1. The summed E-state index contributed by atoms with van der Waals surface area (Å²) in [4.78, 5) is 31.8. The predicted octanol–water partition coefficient (Wildman–Crippen LogP) is 6.45. The first-order valence-corrected chi connectivity index (χ1v) is 11.7. The number of carboxylic acids is 1. The van der Waals surface area contributed by atoms with Crippen LogP contribution in [0.2, 0.25) is 0 Å². The number of carbonyl (C=O) groups is 2. The lowest BCUT2D eigenvalue weighted by Crippen LogP contribution is -2.28. The first kappa shape index (κ1) is 22.4. The van der Waals surface area contributed by atoms with Crippen LogP contribution in [-0.4, -0.2) is 27.1 Å². The third-order valence-electron chi connectivity index (χ3n) is 5.38. The number of hydrogen-bond acceptors (Lipinski definition) is 5. The van der Waals surface area contributed by atoms with Crippen LogP contribution < -0.4 is 0 Å². The Labute approximate surface area is 206 Å². The van der Waals surface area contributed by atoms with Gasteiger partial charge in [-0.05, 0) is 47.7 Å². The Hall–Kier alpha value is -4.36. The monoisotopic (exact) mass is 480 g/mol. The molecule has 35 heavy (non-hydrogen) atoms. The van der Waals surface area contributed by atoms with Gasteiger partial charge in [0, 0.05) is 11.6 Å². The van der Waals surface area contributed by atoms with Crippen molar-refractivity contribution in [2.75, 3.05) is 0 Å². The Morgan fingerprint density at radius 3 is 2.34 bits per heavy atom. The van der Waals surface area contributed by atoms with Gasteiger partial charge in [-0.25, -0.2) is 9.79 Å². The summed E-state index contributed by atoms with van der Waals surface area (Å²) in [7, 11) is 0. The largest absolute Gasteiger partial charge is 0.478 e. The van der Waals surface area contributed by atoms with Crippen molar-refractivity contribution < 1.29 is 19.1 Å². The lowest BCUT2D eigenvalue weighted by molar-refractivity contribution is -0.122. The Bertz CT molecular complexity index is 1440. The highest BCUT2D eigenvalue weighted by molar-refractivity contribution is 8.18. The molecule has 1 aliphatic rings. The molecule has 1 fully saturated rings. The molecule has 0 spiro atoms. The smallest absolute Gasteiger partial charge is 0.336 e. The van der Waals surface area contributed by atoms with Gasteiger partial charge in [0.2, 0.25) is 0 Å². The fraction of sp³-hybridized carbons (Fsp3) is 0.0357. The van der Waals surface area contributed by atoms with Crippen LogP contribution in [-0.2, 0) is 11.3 Å². The zero-order valence-electron chi connectivity index (χ0n) is 18.5. The van der Waals surface area contributed by atoms with Gasteiger partial charge in [-0.15, -0.1) is 0 Å². The molecule has 0 radical (unpaired) electrons. The van der Waals surface area contributed by atoms with Crippen LogP contribution in [0.3, 0.4) is 0 Å². The highest BCUT2D eigenvalue weighted by Crippen LogP contribution is 2.36. The van der Waals surface area contributed by atoms with Gasteiger partial charge in [0.1, 0.15) is 11.5 Å². The van der Waals surface area contributed by atoms with E-state index >= 15 is 0 Å². The van der Waals surface area contributed by atoms with Crippen molar-refractivity contribution in [3.8, 4) is 11.3 Å². The SMILES string of the molecule is O=C(O)c1ccccc1-c1ccc(/C=C2/SC(=Nc3ccccc3)N(Cc3ccccc3)C2=O)o1. The van der Waals surface area contributed by atoms with Gasteiger partial charge in [-0.3, -0.25) is 9.69 Å². The van der Waals surface area contributed by atoms with Crippen molar-refractivity contribution in [2.24, 2.45) is 4.99 Å². The minimum absolute atomic E-state index is 0.152. The Morgan fingerprint density at radius 2 is 1.60 bits per heavy atom. The van der Waals surface area contributed by atoms with Crippen LogP contribution in [0, 0.1) is 0 Å². The number of amidine groups is 1. The molecule has 3 aromatic carbocycles. The average molecular weight is 481 g/mol. The van der Waals surface area contributed by atoms with Crippen LogP contribution in [0.4, 0.5) is 5.69 Å². The summed E-state index contributed by atoms with van der Waals surface area (Å²) in [6, 6.07) is 29.3. The normalized spacial score (nSPS) is 15.8. The van der Waals surface area contributed by atoms with Gasteiger partial charge in [0.05, 0.1) is 22.7 Å². The van der Waals surface area contributed by atoms with Gasteiger partial charge < -0.3 is 9.52 Å². The number of carboxylic acid groups (broad SMARTS) is 1. The maximum atomic E-state index is 13.4. The van der Waals surface area contributed by atoms with E-state index in [1.807, 2.05) is 60.7 Å². The number of aromatic carboxylic acids is 1. The molecule has 4 aromatic rings. The van der Waals surface area contributed by atoms with Gasteiger partial charge >= 0.3 is 5.97 Å².